The van der Waals surface area contributed by atoms with Gasteiger partial charge in [0, 0.05) is 18.2 Å². The van der Waals surface area contributed by atoms with E-state index in [0.29, 0.717) is 13.1 Å². The van der Waals surface area contributed by atoms with Crippen LogP contribution in [0.15, 0.2) is 83.5 Å². The lowest BCUT2D eigenvalue weighted by Gasteiger charge is -2.20. The molecule has 0 aliphatic heterocycles. The van der Waals surface area contributed by atoms with Gasteiger partial charge in [-0.15, -0.1) is 0 Å². The Hall–Kier alpha value is -3.27. The van der Waals surface area contributed by atoms with Crippen LogP contribution in [0.3, 0.4) is 0 Å². The first-order chi connectivity index (χ1) is 12.8. The smallest absolute Gasteiger partial charge is 0.247 e. The number of furan rings is 1. The predicted octanol–water partition coefficient (Wildman–Crippen LogP) is 4.53. The molecule has 132 valence electrons. The summed E-state index contributed by atoms with van der Waals surface area (Å²) in [6.45, 7) is 0.924. The van der Waals surface area contributed by atoms with E-state index >= 15 is 0 Å². The van der Waals surface area contributed by atoms with Crippen molar-refractivity contribution >= 4 is 12.0 Å². The third-order valence-corrected chi connectivity index (χ3v) is 4.00. The Morgan fingerprint density at radius 1 is 1.00 bits per heavy atom. The molecule has 0 aliphatic carbocycles. The van der Waals surface area contributed by atoms with E-state index in [1.807, 2.05) is 66.7 Å². The number of carbonyl (C=O) groups is 1. The maximum atomic E-state index is 12.8. The van der Waals surface area contributed by atoms with Crippen LogP contribution < -0.4 is 4.74 Å². The largest absolute Gasteiger partial charge is 0.496 e. The Balaban J connectivity index is 1.78. The number of ether oxygens (including phenoxy) is 1. The fourth-order valence-corrected chi connectivity index (χ4v) is 2.68. The molecule has 1 amide bonds. The normalized spacial score (nSPS) is 10.8. The third kappa shape index (κ3) is 4.63. The third-order valence-electron chi connectivity index (χ3n) is 4.00. The molecule has 26 heavy (non-hydrogen) atoms. The molecule has 4 heteroatoms. The number of amides is 1. The lowest BCUT2D eigenvalue weighted by molar-refractivity contribution is -0.127. The summed E-state index contributed by atoms with van der Waals surface area (Å²) in [6.07, 6.45) is 4.97. The van der Waals surface area contributed by atoms with Crippen LogP contribution in [0, 0.1) is 0 Å². The van der Waals surface area contributed by atoms with Gasteiger partial charge in [-0.2, -0.15) is 0 Å². The van der Waals surface area contributed by atoms with Gasteiger partial charge in [0.25, 0.3) is 0 Å². The molecule has 0 unspecified atom stereocenters. The van der Waals surface area contributed by atoms with Crippen molar-refractivity contribution in [3.63, 3.8) is 0 Å². The zero-order valence-electron chi connectivity index (χ0n) is 14.7. The fraction of sp³-hybridized carbons (Fsp3) is 0.136. The molecule has 3 rings (SSSR count). The first-order valence-electron chi connectivity index (χ1n) is 8.42. The van der Waals surface area contributed by atoms with Crippen molar-refractivity contribution in [1.82, 2.24) is 4.90 Å². The first kappa shape index (κ1) is 17.5. The minimum Gasteiger partial charge on any atom is -0.496 e. The number of hydrogen-bond donors (Lipinski definition) is 0. The Morgan fingerprint density at radius 3 is 2.50 bits per heavy atom. The monoisotopic (exact) mass is 347 g/mol. The minimum absolute atomic E-state index is 0.0869. The van der Waals surface area contributed by atoms with Crippen LogP contribution in [-0.2, 0) is 17.9 Å². The number of hydrogen-bond acceptors (Lipinski definition) is 3. The second-order valence-electron chi connectivity index (χ2n) is 5.83. The zero-order valence-corrected chi connectivity index (χ0v) is 14.7. The highest BCUT2D eigenvalue weighted by molar-refractivity contribution is 5.92. The van der Waals surface area contributed by atoms with Gasteiger partial charge in [-0.05, 0) is 29.8 Å². The predicted molar refractivity (Wildman–Crippen MR) is 101 cm³/mol. The number of benzene rings is 2. The molecule has 3 aromatic rings. The van der Waals surface area contributed by atoms with Crippen molar-refractivity contribution in [2.45, 2.75) is 13.1 Å². The summed E-state index contributed by atoms with van der Waals surface area (Å²) in [6, 6.07) is 21.2. The van der Waals surface area contributed by atoms with Crippen molar-refractivity contribution in [2.75, 3.05) is 7.11 Å². The van der Waals surface area contributed by atoms with E-state index in [1.165, 1.54) is 0 Å². The minimum atomic E-state index is -0.0869. The topological polar surface area (TPSA) is 42.7 Å². The van der Waals surface area contributed by atoms with Gasteiger partial charge in [0.15, 0.2) is 0 Å². The van der Waals surface area contributed by atoms with E-state index in [0.717, 1.165) is 22.6 Å². The molecule has 0 atom stereocenters. The van der Waals surface area contributed by atoms with Gasteiger partial charge < -0.3 is 14.1 Å². The molecule has 0 saturated carbocycles. The van der Waals surface area contributed by atoms with Gasteiger partial charge in [0.2, 0.25) is 5.91 Å². The number of rotatable bonds is 7. The molecule has 1 heterocycles. The van der Waals surface area contributed by atoms with E-state index in [1.54, 1.807) is 30.4 Å². The van der Waals surface area contributed by atoms with Crippen LogP contribution in [0.5, 0.6) is 5.75 Å². The van der Waals surface area contributed by atoms with Crippen molar-refractivity contribution in [1.29, 1.82) is 0 Å². The Kier molecular flexibility index (Phi) is 5.88. The summed E-state index contributed by atoms with van der Waals surface area (Å²) in [5.41, 5.74) is 1.93. The average Bonchev–Trinajstić information content (AvgIpc) is 3.20. The van der Waals surface area contributed by atoms with E-state index in [9.17, 15) is 4.79 Å². The summed E-state index contributed by atoms with van der Waals surface area (Å²) in [7, 11) is 1.62. The maximum absolute atomic E-state index is 12.8. The lowest BCUT2D eigenvalue weighted by atomic mass is 10.1. The van der Waals surface area contributed by atoms with Gasteiger partial charge in [-0.25, -0.2) is 0 Å². The van der Waals surface area contributed by atoms with Gasteiger partial charge in [0.05, 0.1) is 19.9 Å². The quantitative estimate of drug-likeness (QED) is 0.590. The van der Waals surface area contributed by atoms with Gasteiger partial charge in [-0.3, -0.25) is 4.79 Å². The van der Waals surface area contributed by atoms with Crippen molar-refractivity contribution in [3.8, 4) is 5.75 Å². The van der Waals surface area contributed by atoms with E-state index in [-0.39, 0.29) is 5.91 Å². The van der Waals surface area contributed by atoms with Crippen LogP contribution in [0.25, 0.3) is 6.08 Å². The summed E-state index contributed by atoms with van der Waals surface area (Å²) in [4.78, 5) is 14.6. The summed E-state index contributed by atoms with van der Waals surface area (Å²) in [5, 5.41) is 0. The molecule has 0 aliphatic rings. The highest BCUT2D eigenvalue weighted by Gasteiger charge is 2.14. The molecular formula is C22H21NO3. The molecule has 0 bridgehead atoms. The summed E-state index contributed by atoms with van der Waals surface area (Å²) >= 11 is 0. The number of methoxy groups -OCH3 is 1. The molecule has 4 nitrogen and oxygen atoms in total. The Morgan fingerprint density at radius 2 is 1.77 bits per heavy atom. The van der Waals surface area contributed by atoms with Crippen LogP contribution in [0.2, 0.25) is 0 Å². The van der Waals surface area contributed by atoms with Crippen LogP contribution in [-0.4, -0.2) is 17.9 Å². The standard InChI is InChI=1S/C22H21NO3/c1-25-21-12-6-5-10-19(21)13-14-22(24)23(17-20-11-7-15-26-20)16-18-8-3-2-4-9-18/h2-15H,16-17H2,1H3. The van der Waals surface area contributed by atoms with E-state index in [4.69, 9.17) is 9.15 Å². The second kappa shape index (κ2) is 8.72. The highest BCUT2D eigenvalue weighted by atomic mass is 16.5. The van der Waals surface area contributed by atoms with Crippen molar-refractivity contribution in [2.24, 2.45) is 0 Å². The average molecular weight is 347 g/mol. The van der Waals surface area contributed by atoms with E-state index < -0.39 is 0 Å². The van der Waals surface area contributed by atoms with Gasteiger partial charge in [0.1, 0.15) is 11.5 Å². The SMILES string of the molecule is COc1ccccc1C=CC(=O)N(Cc1ccccc1)Cc1ccco1. The number of carbonyl (C=O) groups excluding carboxylic acids is 1. The molecule has 0 spiro atoms. The van der Waals surface area contributed by atoms with Crippen molar-refractivity contribution in [3.05, 3.63) is 96.0 Å². The summed E-state index contributed by atoms with van der Waals surface area (Å²) < 4.78 is 10.7. The molecule has 0 fully saturated rings. The van der Waals surface area contributed by atoms with Crippen LogP contribution in [0.1, 0.15) is 16.9 Å². The number of nitrogens with zero attached hydrogens (tertiary/aromatic N) is 1. The van der Waals surface area contributed by atoms with Gasteiger partial charge >= 0.3 is 0 Å². The maximum Gasteiger partial charge on any atom is 0.247 e. The molecule has 0 radical (unpaired) electrons. The van der Waals surface area contributed by atoms with Crippen LogP contribution >= 0.6 is 0 Å². The van der Waals surface area contributed by atoms with Gasteiger partial charge in [-0.1, -0.05) is 48.5 Å². The second-order valence-corrected chi connectivity index (χ2v) is 5.83. The Labute approximate surface area is 153 Å². The fourth-order valence-electron chi connectivity index (χ4n) is 2.68. The first-order valence-corrected chi connectivity index (χ1v) is 8.42. The number of para-hydroxylation sites is 1. The molecule has 0 N–H and O–H groups in total. The lowest BCUT2D eigenvalue weighted by Crippen LogP contribution is -2.28. The highest BCUT2D eigenvalue weighted by Crippen LogP contribution is 2.19. The van der Waals surface area contributed by atoms with E-state index in [2.05, 4.69) is 0 Å². The molecular weight excluding hydrogens is 326 g/mol. The molecule has 0 saturated heterocycles. The molecule has 2 aromatic carbocycles. The Bertz CT molecular complexity index is 854. The molecule has 1 aromatic heterocycles. The summed E-state index contributed by atoms with van der Waals surface area (Å²) in [5.74, 6) is 1.40. The zero-order chi connectivity index (χ0) is 18.2. The van der Waals surface area contributed by atoms with Crippen molar-refractivity contribution < 1.29 is 13.9 Å². The van der Waals surface area contributed by atoms with Crippen LogP contribution in [0.4, 0.5) is 0 Å².